The summed E-state index contributed by atoms with van der Waals surface area (Å²) in [4.78, 5) is 0.346. The first-order valence-electron chi connectivity index (χ1n) is 6.21. The zero-order valence-electron chi connectivity index (χ0n) is 10.8. The van der Waals surface area contributed by atoms with Crippen LogP contribution in [0, 0.1) is 0 Å². The van der Waals surface area contributed by atoms with Crippen molar-refractivity contribution in [3.8, 4) is 5.75 Å². The lowest BCUT2D eigenvalue weighted by Gasteiger charge is -2.12. The van der Waals surface area contributed by atoms with E-state index in [-0.39, 0.29) is 0 Å². The summed E-state index contributed by atoms with van der Waals surface area (Å²) < 4.78 is 28.9. The van der Waals surface area contributed by atoms with E-state index >= 15 is 0 Å². The molecule has 0 aromatic heterocycles. The van der Waals surface area contributed by atoms with Gasteiger partial charge in [-0.1, -0.05) is 6.92 Å². The maximum atomic E-state index is 11.5. The van der Waals surface area contributed by atoms with Gasteiger partial charge in [0.1, 0.15) is 5.75 Å². The summed E-state index contributed by atoms with van der Waals surface area (Å²) in [6.07, 6.45) is 3.72. The highest BCUT2D eigenvalue weighted by molar-refractivity contribution is 7.90. The van der Waals surface area contributed by atoms with Gasteiger partial charge in [-0.25, -0.2) is 8.42 Å². The summed E-state index contributed by atoms with van der Waals surface area (Å²) in [5.41, 5.74) is 0.909. The van der Waals surface area contributed by atoms with E-state index in [9.17, 15) is 8.42 Å². The van der Waals surface area contributed by atoms with Crippen molar-refractivity contribution in [3.05, 3.63) is 23.8 Å². The first-order chi connectivity index (χ1) is 8.50. The second kappa shape index (κ2) is 5.28. The highest BCUT2D eigenvalue weighted by Gasteiger charge is 2.24. The Balaban J connectivity index is 2.27. The third-order valence-electron chi connectivity index (χ3n) is 2.84. The zero-order valence-corrected chi connectivity index (χ0v) is 11.6. The van der Waals surface area contributed by atoms with E-state index in [1.807, 2.05) is 6.92 Å². The van der Waals surface area contributed by atoms with E-state index in [4.69, 9.17) is 4.74 Å². The van der Waals surface area contributed by atoms with Gasteiger partial charge < -0.3 is 10.1 Å². The fourth-order valence-corrected chi connectivity index (χ4v) is 2.34. The van der Waals surface area contributed by atoms with Gasteiger partial charge in [-0.05, 0) is 37.6 Å². The molecule has 2 rings (SSSR count). The Morgan fingerprint density at radius 3 is 2.67 bits per heavy atom. The molecule has 0 aliphatic heterocycles. The lowest BCUT2D eigenvalue weighted by atomic mass is 10.2. The van der Waals surface area contributed by atoms with E-state index in [1.165, 1.54) is 6.26 Å². The van der Waals surface area contributed by atoms with Crippen LogP contribution in [0.3, 0.4) is 0 Å². The monoisotopic (exact) mass is 269 g/mol. The summed E-state index contributed by atoms with van der Waals surface area (Å²) >= 11 is 0. The van der Waals surface area contributed by atoms with Crippen molar-refractivity contribution in [1.82, 2.24) is 5.32 Å². The van der Waals surface area contributed by atoms with Crippen LogP contribution in [0.4, 0.5) is 0 Å². The molecule has 1 aromatic carbocycles. The molecule has 0 unspecified atom stereocenters. The molecule has 0 atom stereocenters. The van der Waals surface area contributed by atoms with Gasteiger partial charge in [0.15, 0.2) is 9.84 Å². The molecule has 0 bridgehead atoms. The lowest BCUT2D eigenvalue weighted by Crippen LogP contribution is -2.14. The molecule has 0 saturated heterocycles. The third kappa shape index (κ3) is 3.46. The number of rotatable bonds is 6. The predicted molar refractivity (Wildman–Crippen MR) is 70.6 cm³/mol. The fraction of sp³-hybridized carbons (Fsp3) is 0.538. The van der Waals surface area contributed by atoms with Crippen molar-refractivity contribution >= 4 is 9.84 Å². The number of hydrogen-bond donors (Lipinski definition) is 1. The molecule has 1 aliphatic rings. The molecule has 0 amide bonds. The molecule has 1 saturated carbocycles. The van der Waals surface area contributed by atoms with Gasteiger partial charge in [0, 0.05) is 18.4 Å². The predicted octanol–water partition coefficient (Wildman–Crippen LogP) is 1.74. The Hall–Kier alpha value is -1.07. The molecule has 1 fully saturated rings. The van der Waals surface area contributed by atoms with Gasteiger partial charge in [-0.15, -0.1) is 0 Å². The van der Waals surface area contributed by atoms with Crippen molar-refractivity contribution < 1.29 is 13.2 Å². The summed E-state index contributed by atoms with van der Waals surface area (Å²) in [6, 6.07) is 5.08. The standard InChI is InChI=1S/C13H19NO3S/c1-3-14-9-10-8-12(18(2,15)16)6-7-13(10)17-11-4-5-11/h6-8,11,14H,3-5,9H2,1-2H3. The van der Waals surface area contributed by atoms with Crippen molar-refractivity contribution in [1.29, 1.82) is 0 Å². The van der Waals surface area contributed by atoms with Gasteiger partial charge >= 0.3 is 0 Å². The van der Waals surface area contributed by atoms with Crippen LogP contribution in [-0.4, -0.2) is 27.3 Å². The van der Waals surface area contributed by atoms with Crippen LogP contribution in [0.5, 0.6) is 5.75 Å². The lowest BCUT2D eigenvalue weighted by molar-refractivity contribution is 0.299. The smallest absolute Gasteiger partial charge is 0.175 e. The summed E-state index contributed by atoms with van der Waals surface area (Å²) in [5.74, 6) is 0.797. The topological polar surface area (TPSA) is 55.4 Å². The SMILES string of the molecule is CCNCc1cc(S(C)(=O)=O)ccc1OC1CC1. The van der Waals surface area contributed by atoms with E-state index in [1.54, 1.807) is 18.2 Å². The van der Waals surface area contributed by atoms with Crippen LogP contribution < -0.4 is 10.1 Å². The minimum Gasteiger partial charge on any atom is -0.490 e. The van der Waals surface area contributed by atoms with E-state index in [0.717, 1.165) is 30.7 Å². The first-order valence-corrected chi connectivity index (χ1v) is 8.10. The third-order valence-corrected chi connectivity index (χ3v) is 3.95. The van der Waals surface area contributed by atoms with E-state index < -0.39 is 9.84 Å². The number of benzene rings is 1. The normalized spacial score (nSPS) is 15.7. The Bertz CT molecular complexity index is 521. The molecule has 18 heavy (non-hydrogen) atoms. The second-order valence-electron chi connectivity index (χ2n) is 4.64. The largest absolute Gasteiger partial charge is 0.490 e. The van der Waals surface area contributed by atoms with E-state index in [2.05, 4.69) is 5.32 Å². The highest BCUT2D eigenvalue weighted by Crippen LogP contribution is 2.30. The number of nitrogens with one attached hydrogen (secondary N) is 1. The van der Waals surface area contributed by atoms with Gasteiger partial charge in [0.2, 0.25) is 0 Å². The van der Waals surface area contributed by atoms with Crippen molar-refractivity contribution in [2.45, 2.75) is 37.3 Å². The number of sulfone groups is 1. The van der Waals surface area contributed by atoms with Crippen molar-refractivity contribution in [2.75, 3.05) is 12.8 Å². The molecule has 5 heteroatoms. The summed E-state index contributed by atoms with van der Waals surface area (Å²) in [5, 5.41) is 3.20. The second-order valence-corrected chi connectivity index (χ2v) is 6.65. The Labute approximate surface area is 108 Å². The maximum absolute atomic E-state index is 11.5. The molecular formula is C13H19NO3S. The average molecular weight is 269 g/mol. The van der Waals surface area contributed by atoms with Crippen LogP contribution in [0.1, 0.15) is 25.3 Å². The van der Waals surface area contributed by atoms with Crippen LogP contribution in [0.15, 0.2) is 23.1 Å². The number of ether oxygens (including phenoxy) is 1. The van der Waals surface area contributed by atoms with Gasteiger partial charge in [0.05, 0.1) is 11.0 Å². The number of hydrogen-bond acceptors (Lipinski definition) is 4. The van der Waals surface area contributed by atoms with Crippen LogP contribution in [0.25, 0.3) is 0 Å². The van der Waals surface area contributed by atoms with Crippen LogP contribution >= 0.6 is 0 Å². The van der Waals surface area contributed by atoms with Crippen LogP contribution in [-0.2, 0) is 16.4 Å². The van der Waals surface area contributed by atoms with Gasteiger partial charge in [-0.2, -0.15) is 0 Å². The molecule has 100 valence electrons. The summed E-state index contributed by atoms with van der Waals surface area (Å²) in [7, 11) is -3.16. The highest BCUT2D eigenvalue weighted by atomic mass is 32.2. The van der Waals surface area contributed by atoms with Crippen molar-refractivity contribution in [3.63, 3.8) is 0 Å². The Kier molecular flexibility index (Phi) is 3.92. The van der Waals surface area contributed by atoms with Crippen LogP contribution in [0.2, 0.25) is 0 Å². The fourth-order valence-electron chi connectivity index (χ4n) is 1.66. The quantitative estimate of drug-likeness (QED) is 0.854. The van der Waals surface area contributed by atoms with Gasteiger partial charge in [-0.3, -0.25) is 0 Å². The molecular weight excluding hydrogens is 250 g/mol. The first kappa shape index (κ1) is 13.4. The molecule has 1 aliphatic carbocycles. The molecule has 1 N–H and O–H groups in total. The zero-order chi connectivity index (χ0) is 13.2. The van der Waals surface area contributed by atoms with Crippen molar-refractivity contribution in [2.24, 2.45) is 0 Å². The minimum atomic E-state index is -3.16. The maximum Gasteiger partial charge on any atom is 0.175 e. The molecule has 0 spiro atoms. The average Bonchev–Trinajstić information content (AvgIpc) is 3.10. The molecule has 1 aromatic rings. The molecule has 0 radical (unpaired) electrons. The summed E-state index contributed by atoms with van der Waals surface area (Å²) in [6.45, 7) is 3.48. The van der Waals surface area contributed by atoms with E-state index in [0.29, 0.717) is 17.5 Å². The Morgan fingerprint density at radius 2 is 2.11 bits per heavy atom. The minimum absolute atomic E-state index is 0.314. The molecule has 4 nitrogen and oxygen atoms in total. The Morgan fingerprint density at radius 1 is 1.39 bits per heavy atom. The molecule has 0 heterocycles. The van der Waals surface area contributed by atoms with Gasteiger partial charge in [0.25, 0.3) is 0 Å².